The van der Waals surface area contributed by atoms with Crippen LogP contribution in [0.2, 0.25) is 0 Å². The molecule has 0 saturated carbocycles. The maximum Gasteiger partial charge on any atom is 0.204 e. The van der Waals surface area contributed by atoms with Crippen molar-refractivity contribution >= 4 is 12.6 Å². The molecule has 0 aromatic carbocycles. The van der Waals surface area contributed by atoms with Gasteiger partial charge in [0.1, 0.15) is 0 Å². The lowest BCUT2D eigenvalue weighted by molar-refractivity contribution is -0.165. The highest BCUT2D eigenvalue weighted by molar-refractivity contribution is 7.80. The summed E-state index contributed by atoms with van der Waals surface area (Å²) in [5.41, 5.74) is -0.304. The molecular weight excluding hydrogens is 150 g/mol. The molecule has 58 valence electrons. The topological polar surface area (TPSA) is 30.5 Å². The minimum absolute atomic E-state index is 0.304. The van der Waals surface area contributed by atoms with Gasteiger partial charge in [0.05, 0.1) is 18.8 Å². The van der Waals surface area contributed by atoms with E-state index in [0.717, 1.165) is 19.6 Å². The van der Waals surface area contributed by atoms with E-state index in [1.165, 1.54) is 0 Å². The monoisotopic (exact) mass is 161 g/mol. The van der Waals surface area contributed by atoms with Crippen molar-refractivity contribution in [2.24, 2.45) is 0 Å². The van der Waals surface area contributed by atoms with Crippen LogP contribution in [0, 0.1) is 0 Å². The molecule has 2 saturated heterocycles. The second-order valence-electron chi connectivity index (χ2n) is 2.66. The van der Waals surface area contributed by atoms with Gasteiger partial charge in [-0.25, -0.2) is 0 Å². The molecule has 0 radical (unpaired) electrons. The van der Waals surface area contributed by atoms with Crippen LogP contribution in [0.15, 0.2) is 0 Å². The molecule has 0 amide bonds. The maximum absolute atomic E-state index is 5.39. The first-order valence-corrected chi connectivity index (χ1v) is 4.06. The first kappa shape index (κ1) is 6.91. The Bertz CT molecular complexity index is 133. The van der Waals surface area contributed by atoms with E-state index in [0.29, 0.717) is 12.1 Å². The fourth-order valence-electron chi connectivity index (χ4n) is 1.45. The van der Waals surface area contributed by atoms with Crippen LogP contribution in [0.25, 0.3) is 0 Å². The number of ether oxygens (including phenoxy) is 2. The summed E-state index contributed by atoms with van der Waals surface area (Å²) in [4.78, 5) is 0. The van der Waals surface area contributed by atoms with Crippen molar-refractivity contribution in [2.45, 2.75) is 24.2 Å². The zero-order valence-electron chi connectivity index (χ0n) is 5.62. The average molecular weight is 161 g/mol. The Kier molecular flexibility index (Phi) is 1.86. The fourth-order valence-corrected chi connectivity index (χ4v) is 1.69. The summed E-state index contributed by atoms with van der Waals surface area (Å²) in [5.74, 6) is 0. The first-order valence-electron chi connectivity index (χ1n) is 3.55. The summed E-state index contributed by atoms with van der Waals surface area (Å²) in [6.07, 6.45) is 1.42. The zero-order valence-corrected chi connectivity index (χ0v) is 6.51. The Hall–Kier alpha value is 0.230. The van der Waals surface area contributed by atoms with Crippen LogP contribution in [0.4, 0.5) is 0 Å². The minimum Gasteiger partial charge on any atom is -0.342 e. The zero-order chi connectivity index (χ0) is 6.97. The molecule has 2 heterocycles. The van der Waals surface area contributed by atoms with Gasteiger partial charge < -0.3 is 14.8 Å². The molecule has 0 bridgehead atoms. The Morgan fingerprint density at radius 2 is 2.40 bits per heavy atom. The van der Waals surface area contributed by atoms with Crippen LogP contribution < -0.4 is 5.32 Å². The van der Waals surface area contributed by atoms with Gasteiger partial charge in [-0.05, 0) is 13.0 Å². The van der Waals surface area contributed by atoms with Crippen LogP contribution in [0.1, 0.15) is 6.42 Å². The lowest BCUT2D eigenvalue weighted by Gasteiger charge is -2.29. The highest BCUT2D eigenvalue weighted by Gasteiger charge is 2.33. The van der Waals surface area contributed by atoms with Crippen LogP contribution in [-0.4, -0.2) is 30.9 Å². The molecular formula is C6H11NO2S. The van der Waals surface area contributed by atoms with Gasteiger partial charge in [0.2, 0.25) is 5.62 Å². The number of nitrogens with one attached hydrogen (secondary N) is 1. The van der Waals surface area contributed by atoms with Gasteiger partial charge in [-0.3, -0.25) is 0 Å². The summed E-state index contributed by atoms with van der Waals surface area (Å²) in [6, 6.07) is 0.406. The van der Waals surface area contributed by atoms with Gasteiger partial charge in [0.25, 0.3) is 0 Å². The third kappa shape index (κ3) is 1.16. The third-order valence-electron chi connectivity index (χ3n) is 1.99. The predicted molar refractivity (Wildman–Crippen MR) is 40.0 cm³/mol. The Labute approximate surface area is 65.5 Å². The van der Waals surface area contributed by atoms with Gasteiger partial charge in [-0.2, -0.15) is 0 Å². The van der Waals surface area contributed by atoms with Crippen molar-refractivity contribution in [1.82, 2.24) is 5.32 Å². The lowest BCUT2D eigenvalue weighted by atomic mass is 10.2. The van der Waals surface area contributed by atoms with E-state index >= 15 is 0 Å². The van der Waals surface area contributed by atoms with Crippen molar-refractivity contribution in [3.8, 4) is 0 Å². The number of fused-ring (bicyclic) bond motifs is 1. The van der Waals surface area contributed by atoms with E-state index in [-0.39, 0.29) is 5.62 Å². The smallest absolute Gasteiger partial charge is 0.204 e. The summed E-state index contributed by atoms with van der Waals surface area (Å²) < 4.78 is 10.6. The molecule has 0 aromatic heterocycles. The minimum atomic E-state index is -0.304. The van der Waals surface area contributed by atoms with Gasteiger partial charge in [0, 0.05) is 0 Å². The Morgan fingerprint density at radius 3 is 3.30 bits per heavy atom. The lowest BCUT2D eigenvalue weighted by Crippen LogP contribution is -2.43. The largest absolute Gasteiger partial charge is 0.342 e. The van der Waals surface area contributed by atoms with E-state index in [1.807, 2.05) is 0 Å². The molecule has 3 unspecified atom stereocenters. The molecule has 0 aliphatic carbocycles. The number of thiol groups is 1. The molecule has 3 atom stereocenters. The molecule has 1 N–H and O–H groups in total. The highest BCUT2D eigenvalue weighted by Crippen LogP contribution is 2.21. The SMILES string of the molecule is SC1OCC2NCCC2O1. The summed E-state index contributed by atoms with van der Waals surface area (Å²) in [6.45, 7) is 1.78. The molecule has 2 aliphatic rings. The predicted octanol–water partition coefficient (Wildman–Crippen LogP) is -0.0229. The van der Waals surface area contributed by atoms with Gasteiger partial charge in [0.15, 0.2) is 0 Å². The van der Waals surface area contributed by atoms with Crippen LogP contribution in [0.5, 0.6) is 0 Å². The number of rotatable bonds is 0. The maximum atomic E-state index is 5.39. The Morgan fingerprint density at radius 1 is 1.50 bits per heavy atom. The van der Waals surface area contributed by atoms with E-state index in [2.05, 4.69) is 17.9 Å². The molecule has 0 spiro atoms. The quantitative estimate of drug-likeness (QED) is 0.489. The van der Waals surface area contributed by atoms with E-state index in [4.69, 9.17) is 9.47 Å². The molecule has 2 rings (SSSR count). The van der Waals surface area contributed by atoms with Crippen molar-refractivity contribution < 1.29 is 9.47 Å². The van der Waals surface area contributed by atoms with Crippen LogP contribution >= 0.6 is 12.6 Å². The Balaban J connectivity index is 1.96. The molecule has 2 aliphatic heterocycles. The molecule has 10 heavy (non-hydrogen) atoms. The highest BCUT2D eigenvalue weighted by atomic mass is 32.1. The van der Waals surface area contributed by atoms with Gasteiger partial charge in [-0.1, -0.05) is 0 Å². The van der Waals surface area contributed by atoms with Crippen molar-refractivity contribution in [3.05, 3.63) is 0 Å². The first-order chi connectivity index (χ1) is 4.86. The normalized spacial score (nSPS) is 47.1. The molecule has 2 fully saturated rings. The van der Waals surface area contributed by atoms with Crippen LogP contribution in [0.3, 0.4) is 0 Å². The van der Waals surface area contributed by atoms with E-state index in [1.54, 1.807) is 0 Å². The van der Waals surface area contributed by atoms with E-state index in [9.17, 15) is 0 Å². The summed E-state index contributed by atoms with van der Waals surface area (Å²) in [5, 5.41) is 3.30. The molecule has 3 nitrogen and oxygen atoms in total. The number of hydrogen-bond donors (Lipinski definition) is 2. The van der Waals surface area contributed by atoms with Crippen molar-refractivity contribution in [3.63, 3.8) is 0 Å². The number of hydrogen-bond acceptors (Lipinski definition) is 4. The standard InChI is InChI=1S/C6H11NO2S/c10-6-8-3-4-5(9-6)1-2-7-4/h4-7,10H,1-3H2. The second-order valence-corrected chi connectivity index (χ2v) is 3.09. The third-order valence-corrected chi connectivity index (χ3v) is 2.26. The molecule has 4 heteroatoms. The van der Waals surface area contributed by atoms with Crippen molar-refractivity contribution in [2.75, 3.05) is 13.2 Å². The van der Waals surface area contributed by atoms with Gasteiger partial charge >= 0.3 is 0 Å². The van der Waals surface area contributed by atoms with E-state index < -0.39 is 0 Å². The van der Waals surface area contributed by atoms with Crippen LogP contribution in [-0.2, 0) is 9.47 Å². The van der Waals surface area contributed by atoms with Gasteiger partial charge in [-0.15, -0.1) is 12.6 Å². The molecule has 0 aromatic rings. The van der Waals surface area contributed by atoms with Crippen molar-refractivity contribution in [1.29, 1.82) is 0 Å². The fraction of sp³-hybridized carbons (Fsp3) is 1.00. The summed E-state index contributed by atoms with van der Waals surface area (Å²) in [7, 11) is 0. The summed E-state index contributed by atoms with van der Waals surface area (Å²) >= 11 is 4.07. The second kappa shape index (κ2) is 2.70. The average Bonchev–Trinajstić information content (AvgIpc) is 2.33.